The van der Waals surface area contributed by atoms with E-state index in [1.807, 2.05) is 20.8 Å². The topological polar surface area (TPSA) is 35.5 Å². The predicted molar refractivity (Wildman–Crippen MR) is 49.3 cm³/mol. The number of methoxy groups -OCH3 is 1. The third kappa shape index (κ3) is 2.21. The number of carbonyl (C=O) groups is 1. The van der Waals surface area contributed by atoms with Crippen LogP contribution in [0.15, 0.2) is 0 Å². The first-order valence-electron chi connectivity index (χ1n) is 4.74. The molecule has 0 aliphatic heterocycles. The summed E-state index contributed by atoms with van der Waals surface area (Å²) in [6.45, 7) is 6.32. The molecule has 1 rings (SSSR count). The van der Waals surface area contributed by atoms with Crippen molar-refractivity contribution in [2.24, 2.45) is 11.8 Å². The molecule has 0 radical (unpaired) electrons. The Labute approximate surface area is 79.4 Å². The van der Waals surface area contributed by atoms with Gasteiger partial charge in [0.1, 0.15) is 0 Å². The molecule has 0 heterocycles. The van der Waals surface area contributed by atoms with Gasteiger partial charge in [-0.05, 0) is 27.2 Å². The highest BCUT2D eigenvalue weighted by molar-refractivity contribution is 5.76. The van der Waals surface area contributed by atoms with E-state index in [0.717, 1.165) is 6.42 Å². The number of esters is 1. The highest BCUT2D eigenvalue weighted by Gasteiger charge is 2.52. The maximum atomic E-state index is 11.3. The van der Waals surface area contributed by atoms with E-state index < -0.39 is 0 Å². The van der Waals surface area contributed by atoms with Crippen LogP contribution >= 0.6 is 0 Å². The molecule has 0 aromatic rings. The maximum absolute atomic E-state index is 11.3. The van der Waals surface area contributed by atoms with Crippen molar-refractivity contribution in [1.29, 1.82) is 0 Å². The van der Waals surface area contributed by atoms with Gasteiger partial charge in [0.05, 0.1) is 18.1 Å². The lowest BCUT2D eigenvalue weighted by molar-refractivity contribution is -0.146. The smallest absolute Gasteiger partial charge is 0.309 e. The lowest BCUT2D eigenvalue weighted by Gasteiger charge is -2.22. The second-order valence-corrected chi connectivity index (χ2v) is 4.01. The van der Waals surface area contributed by atoms with E-state index in [0.29, 0.717) is 12.5 Å². The lowest BCUT2D eigenvalue weighted by Crippen LogP contribution is -2.27. The molecule has 0 spiro atoms. The van der Waals surface area contributed by atoms with Crippen LogP contribution in [0.2, 0.25) is 0 Å². The summed E-state index contributed by atoms with van der Waals surface area (Å²) in [6, 6.07) is 0. The van der Waals surface area contributed by atoms with Crippen LogP contribution in [0.4, 0.5) is 0 Å². The fraction of sp³-hybridized carbons (Fsp3) is 0.900. The van der Waals surface area contributed by atoms with E-state index in [-0.39, 0.29) is 17.5 Å². The van der Waals surface area contributed by atoms with Gasteiger partial charge in [-0.15, -0.1) is 0 Å². The van der Waals surface area contributed by atoms with Gasteiger partial charge >= 0.3 is 5.97 Å². The molecule has 0 aromatic carbocycles. The molecule has 0 amide bonds. The summed E-state index contributed by atoms with van der Waals surface area (Å²) in [7, 11) is 1.68. The monoisotopic (exact) mass is 186 g/mol. The maximum Gasteiger partial charge on any atom is 0.309 e. The molecule has 3 nitrogen and oxygen atoms in total. The molecule has 1 saturated carbocycles. The predicted octanol–water partition coefficient (Wildman–Crippen LogP) is 1.61. The van der Waals surface area contributed by atoms with E-state index >= 15 is 0 Å². The third-order valence-corrected chi connectivity index (χ3v) is 2.80. The summed E-state index contributed by atoms with van der Waals surface area (Å²) >= 11 is 0. The number of rotatable bonds is 4. The Morgan fingerprint density at radius 3 is 2.62 bits per heavy atom. The first kappa shape index (κ1) is 10.5. The zero-order valence-corrected chi connectivity index (χ0v) is 8.79. The van der Waals surface area contributed by atoms with Crippen LogP contribution in [0.5, 0.6) is 0 Å². The zero-order chi connectivity index (χ0) is 10.1. The van der Waals surface area contributed by atoms with E-state index in [4.69, 9.17) is 9.47 Å². The first-order valence-corrected chi connectivity index (χ1v) is 4.74. The largest absolute Gasteiger partial charge is 0.466 e. The molecule has 1 aliphatic rings. The van der Waals surface area contributed by atoms with Gasteiger partial charge in [-0.1, -0.05) is 0 Å². The van der Waals surface area contributed by atoms with Crippen LogP contribution in [-0.4, -0.2) is 25.3 Å². The molecule has 3 heteroatoms. The number of carbonyl (C=O) groups excluding carboxylic acids is 1. The molecular formula is C10H18O3. The van der Waals surface area contributed by atoms with Crippen molar-refractivity contribution >= 4 is 5.97 Å². The Balaban J connectivity index is 2.41. The molecule has 76 valence electrons. The van der Waals surface area contributed by atoms with Gasteiger partial charge in [-0.25, -0.2) is 0 Å². The molecule has 0 aromatic heterocycles. The van der Waals surface area contributed by atoms with Gasteiger partial charge in [0.25, 0.3) is 0 Å². The second-order valence-electron chi connectivity index (χ2n) is 4.01. The molecule has 13 heavy (non-hydrogen) atoms. The Morgan fingerprint density at radius 1 is 1.54 bits per heavy atom. The van der Waals surface area contributed by atoms with Crippen molar-refractivity contribution in [3.63, 3.8) is 0 Å². The Kier molecular flexibility index (Phi) is 2.96. The van der Waals surface area contributed by atoms with Crippen molar-refractivity contribution in [2.45, 2.75) is 32.8 Å². The molecule has 0 bridgehead atoms. The molecule has 0 saturated heterocycles. The summed E-state index contributed by atoms with van der Waals surface area (Å²) < 4.78 is 10.3. The van der Waals surface area contributed by atoms with Gasteiger partial charge in [0.15, 0.2) is 0 Å². The second kappa shape index (κ2) is 3.66. The first-order chi connectivity index (χ1) is 6.03. The molecular weight excluding hydrogens is 168 g/mol. The minimum atomic E-state index is -0.197. The highest BCUT2D eigenvalue weighted by atomic mass is 16.5. The van der Waals surface area contributed by atoms with Crippen LogP contribution in [0.25, 0.3) is 0 Å². The van der Waals surface area contributed by atoms with Crippen LogP contribution in [0.3, 0.4) is 0 Å². The fourth-order valence-electron chi connectivity index (χ4n) is 1.62. The molecule has 1 fully saturated rings. The van der Waals surface area contributed by atoms with Gasteiger partial charge in [-0.2, -0.15) is 0 Å². The molecule has 2 atom stereocenters. The summed E-state index contributed by atoms with van der Waals surface area (Å²) in [5.74, 6) is 0.323. The average molecular weight is 186 g/mol. The van der Waals surface area contributed by atoms with Crippen LogP contribution in [0.1, 0.15) is 27.2 Å². The Hall–Kier alpha value is -0.570. The third-order valence-electron chi connectivity index (χ3n) is 2.80. The van der Waals surface area contributed by atoms with Gasteiger partial charge in [0.2, 0.25) is 0 Å². The number of hydrogen-bond acceptors (Lipinski definition) is 3. The van der Waals surface area contributed by atoms with E-state index in [2.05, 4.69) is 0 Å². The lowest BCUT2D eigenvalue weighted by atomic mass is 10.0. The van der Waals surface area contributed by atoms with Gasteiger partial charge < -0.3 is 9.47 Å². The van der Waals surface area contributed by atoms with Crippen molar-refractivity contribution in [2.75, 3.05) is 13.7 Å². The quantitative estimate of drug-likeness (QED) is 0.626. The van der Waals surface area contributed by atoms with Crippen LogP contribution in [-0.2, 0) is 14.3 Å². The molecule has 1 aliphatic carbocycles. The standard InChI is InChI=1S/C10H18O3/c1-5-13-9(11)7-6-8(7)10(2,3)12-4/h7-8H,5-6H2,1-4H3. The Morgan fingerprint density at radius 2 is 2.15 bits per heavy atom. The number of hydrogen-bond donors (Lipinski definition) is 0. The van der Waals surface area contributed by atoms with Gasteiger partial charge in [-0.3, -0.25) is 4.79 Å². The van der Waals surface area contributed by atoms with Crippen molar-refractivity contribution in [3.05, 3.63) is 0 Å². The van der Waals surface area contributed by atoms with Crippen LogP contribution < -0.4 is 0 Å². The minimum absolute atomic E-state index is 0.0647. The fourth-order valence-corrected chi connectivity index (χ4v) is 1.62. The Bertz CT molecular complexity index is 198. The normalized spacial score (nSPS) is 27.1. The summed E-state index contributed by atoms with van der Waals surface area (Å²) in [5, 5.41) is 0. The summed E-state index contributed by atoms with van der Waals surface area (Å²) in [4.78, 5) is 11.3. The SMILES string of the molecule is CCOC(=O)C1CC1C(C)(C)OC. The summed E-state index contributed by atoms with van der Waals surface area (Å²) in [6.07, 6.45) is 0.902. The van der Waals surface area contributed by atoms with E-state index in [9.17, 15) is 4.79 Å². The van der Waals surface area contributed by atoms with Crippen molar-refractivity contribution in [3.8, 4) is 0 Å². The highest BCUT2D eigenvalue weighted by Crippen LogP contribution is 2.48. The number of ether oxygens (including phenoxy) is 2. The van der Waals surface area contributed by atoms with Gasteiger partial charge in [0, 0.05) is 13.0 Å². The van der Waals surface area contributed by atoms with Crippen LogP contribution in [0, 0.1) is 11.8 Å². The van der Waals surface area contributed by atoms with Crippen molar-refractivity contribution in [1.82, 2.24) is 0 Å². The molecule has 0 N–H and O–H groups in total. The zero-order valence-electron chi connectivity index (χ0n) is 8.79. The van der Waals surface area contributed by atoms with Crippen molar-refractivity contribution < 1.29 is 14.3 Å². The van der Waals surface area contributed by atoms with E-state index in [1.165, 1.54) is 0 Å². The molecule has 2 unspecified atom stereocenters. The average Bonchev–Trinajstić information content (AvgIpc) is 2.84. The summed E-state index contributed by atoms with van der Waals surface area (Å²) in [5.41, 5.74) is -0.197. The minimum Gasteiger partial charge on any atom is -0.466 e. The van der Waals surface area contributed by atoms with E-state index in [1.54, 1.807) is 7.11 Å².